The molecule has 1 unspecified atom stereocenters. The summed E-state index contributed by atoms with van der Waals surface area (Å²) < 4.78 is 33.6. The van der Waals surface area contributed by atoms with Crippen LogP contribution < -0.4 is 5.32 Å². The number of hydrogen-bond donors (Lipinski definition) is 1. The van der Waals surface area contributed by atoms with Gasteiger partial charge in [0.1, 0.15) is 23.0 Å². The number of benzene rings is 2. The van der Waals surface area contributed by atoms with Gasteiger partial charge in [-0.3, -0.25) is 0 Å². The van der Waals surface area contributed by atoms with Crippen LogP contribution in [0.2, 0.25) is 0 Å². The summed E-state index contributed by atoms with van der Waals surface area (Å²) in [5, 5.41) is 3.68. The zero-order valence-corrected chi connectivity index (χ0v) is 12.7. The quantitative estimate of drug-likeness (QED) is 0.734. The van der Waals surface area contributed by atoms with Gasteiger partial charge in [0.25, 0.3) is 0 Å². The molecule has 108 valence electrons. The summed E-state index contributed by atoms with van der Waals surface area (Å²) in [6.07, 6.45) is 0. The monoisotopic (exact) mass is 351 g/mol. The van der Waals surface area contributed by atoms with Crippen molar-refractivity contribution in [1.82, 2.24) is 5.32 Å². The normalized spacial score (nSPS) is 12.8. The Labute approximate surface area is 128 Å². The van der Waals surface area contributed by atoms with Crippen LogP contribution in [0.5, 0.6) is 0 Å². The molecule has 21 heavy (non-hydrogen) atoms. The lowest BCUT2D eigenvalue weighted by atomic mass is 10.0. The zero-order chi connectivity index (χ0) is 15.0. The Morgan fingerprint density at radius 1 is 1.14 bits per heavy atom. The molecule has 5 heteroatoms. The fraction of sp³-hybridized carbons (Fsp3) is 0.125. The Bertz CT molecular complexity index is 800. The first-order valence-electron chi connectivity index (χ1n) is 6.40. The van der Waals surface area contributed by atoms with Crippen molar-refractivity contribution in [2.75, 3.05) is 7.05 Å². The number of rotatable bonds is 3. The van der Waals surface area contributed by atoms with Crippen LogP contribution >= 0.6 is 15.9 Å². The van der Waals surface area contributed by atoms with E-state index >= 15 is 0 Å². The largest absolute Gasteiger partial charge is 0.459 e. The van der Waals surface area contributed by atoms with Crippen molar-refractivity contribution in [3.05, 3.63) is 69.9 Å². The highest BCUT2D eigenvalue weighted by molar-refractivity contribution is 9.10. The summed E-state index contributed by atoms with van der Waals surface area (Å²) in [4.78, 5) is 0. The fourth-order valence-electron chi connectivity index (χ4n) is 2.37. The van der Waals surface area contributed by atoms with Crippen molar-refractivity contribution in [2.45, 2.75) is 6.04 Å². The van der Waals surface area contributed by atoms with E-state index in [-0.39, 0.29) is 11.6 Å². The minimum Gasteiger partial charge on any atom is -0.459 e. The van der Waals surface area contributed by atoms with E-state index in [0.717, 1.165) is 0 Å². The molecular formula is C16H12BrF2NO. The molecule has 1 aromatic heterocycles. The van der Waals surface area contributed by atoms with Gasteiger partial charge in [-0.25, -0.2) is 8.78 Å². The van der Waals surface area contributed by atoms with E-state index in [1.54, 1.807) is 37.4 Å². The first kappa shape index (κ1) is 14.2. The van der Waals surface area contributed by atoms with Crippen LogP contribution in [0.3, 0.4) is 0 Å². The highest BCUT2D eigenvalue weighted by Gasteiger charge is 2.21. The van der Waals surface area contributed by atoms with Gasteiger partial charge in [0.2, 0.25) is 0 Å². The molecule has 3 rings (SSSR count). The van der Waals surface area contributed by atoms with E-state index in [1.807, 2.05) is 0 Å². The van der Waals surface area contributed by atoms with Crippen molar-refractivity contribution in [2.24, 2.45) is 0 Å². The van der Waals surface area contributed by atoms with Crippen LogP contribution in [0.4, 0.5) is 8.78 Å². The summed E-state index contributed by atoms with van der Waals surface area (Å²) in [6.45, 7) is 0. The minimum atomic E-state index is -0.446. The van der Waals surface area contributed by atoms with Crippen molar-refractivity contribution < 1.29 is 13.2 Å². The van der Waals surface area contributed by atoms with Gasteiger partial charge >= 0.3 is 0 Å². The maximum atomic E-state index is 14.3. The molecule has 0 bridgehead atoms. The summed E-state index contributed by atoms with van der Waals surface area (Å²) in [6, 6.07) is 10.7. The van der Waals surface area contributed by atoms with E-state index in [4.69, 9.17) is 4.42 Å². The molecule has 2 nitrogen and oxygen atoms in total. The van der Waals surface area contributed by atoms with Gasteiger partial charge in [-0.15, -0.1) is 0 Å². The van der Waals surface area contributed by atoms with Crippen LogP contribution in [0, 0.1) is 11.6 Å². The Balaban J connectivity index is 2.11. The smallest absolute Gasteiger partial charge is 0.142 e. The molecule has 0 spiro atoms. The molecule has 0 radical (unpaired) electrons. The van der Waals surface area contributed by atoms with Gasteiger partial charge in [0, 0.05) is 10.9 Å². The first-order valence-corrected chi connectivity index (χ1v) is 7.19. The third kappa shape index (κ3) is 2.59. The van der Waals surface area contributed by atoms with Crippen LogP contribution in [0.1, 0.15) is 17.4 Å². The summed E-state index contributed by atoms with van der Waals surface area (Å²) >= 11 is 3.18. The van der Waals surface area contributed by atoms with Gasteiger partial charge in [-0.1, -0.05) is 12.1 Å². The van der Waals surface area contributed by atoms with Gasteiger partial charge in [-0.2, -0.15) is 0 Å². The lowest BCUT2D eigenvalue weighted by molar-refractivity contribution is 0.475. The van der Waals surface area contributed by atoms with Gasteiger partial charge in [0.05, 0.1) is 10.5 Å². The highest BCUT2D eigenvalue weighted by atomic mass is 79.9. The molecule has 1 atom stereocenters. The maximum Gasteiger partial charge on any atom is 0.142 e. The average Bonchev–Trinajstić information content (AvgIpc) is 2.87. The topological polar surface area (TPSA) is 25.2 Å². The lowest BCUT2D eigenvalue weighted by Crippen LogP contribution is -2.18. The van der Waals surface area contributed by atoms with Crippen LogP contribution in [-0.4, -0.2) is 7.05 Å². The van der Waals surface area contributed by atoms with E-state index in [2.05, 4.69) is 21.2 Å². The third-order valence-corrected chi connectivity index (χ3v) is 3.98. The average molecular weight is 352 g/mol. The SMILES string of the molecule is CNC(c1cc2cc(F)ccc2o1)c1cccc(Br)c1F. The highest BCUT2D eigenvalue weighted by Crippen LogP contribution is 2.31. The summed E-state index contributed by atoms with van der Waals surface area (Å²) in [5.41, 5.74) is 1.04. The van der Waals surface area contributed by atoms with Crippen LogP contribution in [0.15, 0.2) is 51.4 Å². The number of fused-ring (bicyclic) bond motifs is 1. The molecule has 1 N–H and O–H groups in total. The first-order chi connectivity index (χ1) is 10.1. The molecule has 0 aliphatic carbocycles. The van der Waals surface area contributed by atoms with E-state index in [9.17, 15) is 8.78 Å². The van der Waals surface area contributed by atoms with E-state index in [0.29, 0.717) is 26.8 Å². The predicted octanol–water partition coefficient (Wildman–Crippen LogP) is 4.78. The summed E-state index contributed by atoms with van der Waals surface area (Å²) in [5.74, 6) is -0.136. The molecule has 0 aliphatic rings. The molecule has 0 fully saturated rings. The van der Waals surface area contributed by atoms with Gasteiger partial charge in [-0.05, 0) is 53.3 Å². The van der Waals surface area contributed by atoms with Crippen molar-refractivity contribution in [1.29, 1.82) is 0 Å². The Kier molecular flexibility index (Phi) is 3.78. The number of halogens is 3. The predicted molar refractivity (Wildman–Crippen MR) is 81.2 cm³/mol. The number of nitrogens with one attached hydrogen (secondary N) is 1. The second-order valence-corrected chi connectivity index (χ2v) is 5.55. The van der Waals surface area contributed by atoms with Crippen molar-refractivity contribution in [3.63, 3.8) is 0 Å². The lowest BCUT2D eigenvalue weighted by Gasteiger charge is -2.15. The maximum absolute atomic E-state index is 14.3. The molecular weight excluding hydrogens is 340 g/mol. The number of furan rings is 1. The van der Waals surface area contributed by atoms with Crippen LogP contribution in [0.25, 0.3) is 11.0 Å². The van der Waals surface area contributed by atoms with Gasteiger partial charge in [0.15, 0.2) is 0 Å². The molecule has 0 saturated heterocycles. The Morgan fingerprint density at radius 3 is 2.71 bits per heavy atom. The zero-order valence-electron chi connectivity index (χ0n) is 11.2. The Morgan fingerprint density at radius 2 is 1.95 bits per heavy atom. The van der Waals surface area contributed by atoms with Crippen molar-refractivity contribution in [3.8, 4) is 0 Å². The fourth-order valence-corrected chi connectivity index (χ4v) is 2.75. The van der Waals surface area contributed by atoms with Crippen LogP contribution in [-0.2, 0) is 0 Å². The second-order valence-electron chi connectivity index (χ2n) is 4.70. The van der Waals surface area contributed by atoms with Gasteiger partial charge < -0.3 is 9.73 Å². The van der Waals surface area contributed by atoms with Crippen molar-refractivity contribution >= 4 is 26.9 Å². The molecule has 1 heterocycles. The van der Waals surface area contributed by atoms with E-state index < -0.39 is 6.04 Å². The second kappa shape index (κ2) is 5.58. The standard InChI is InChI=1S/C16H12BrF2NO/c1-20-16(11-3-2-4-12(17)15(11)19)14-8-9-7-10(18)5-6-13(9)21-14/h2-8,16,20H,1H3. The third-order valence-electron chi connectivity index (χ3n) is 3.36. The molecule has 3 aromatic rings. The number of hydrogen-bond acceptors (Lipinski definition) is 2. The van der Waals surface area contributed by atoms with E-state index in [1.165, 1.54) is 12.1 Å². The minimum absolute atomic E-state index is 0.329. The summed E-state index contributed by atoms with van der Waals surface area (Å²) in [7, 11) is 1.72. The molecule has 0 aliphatic heterocycles. The molecule has 2 aromatic carbocycles. The Hall–Kier alpha value is -1.72. The molecule has 0 saturated carbocycles. The molecule has 0 amide bonds.